The topological polar surface area (TPSA) is 127 Å². The molecule has 35 heavy (non-hydrogen) atoms. The van der Waals surface area contributed by atoms with Crippen LogP contribution in [-0.4, -0.2) is 44.8 Å². The Hall–Kier alpha value is -4.86. The minimum Gasteiger partial charge on any atom is -0.497 e. The van der Waals surface area contributed by atoms with Crippen molar-refractivity contribution in [2.24, 2.45) is 5.10 Å². The van der Waals surface area contributed by atoms with Crippen LogP contribution in [0.2, 0.25) is 0 Å². The van der Waals surface area contributed by atoms with Crippen LogP contribution in [0.15, 0.2) is 77.9 Å². The molecule has 0 aliphatic rings. The molecule has 0 spiro atoms. The van der Waals surface area contributed by atoms with Crippen LogP contribution in [0.25, 0.3) is 0 Å². The number of hydrogen-bond donors (Lipinski definition) is 3. The lowest BCUT2D eigenvalue weighted by Gasteiger charge is -2.11. The fourth-order valence-electron chi connectivity index (χ4n) is 2.82. The zero-order valence-corrected chi connectivity index (χ0v) is 19.1. The van der Waals surface area contributed by atoms with Crippen molar-refractivity contribution in [1.29, 1.82) is 0 Å². The molecule has 0 saturated carbocycles. The van der Waals surface area contributed by atoms with E-state index in [0.29, 0.717) is 28.5 Å². The number of anilines is 2. The minimum atomic E-state index is -0.962. The van der Waals surface area contributed by atoms with E-state index >= 15 is 0 Å². The van der Waals surface area contributed by atoms with E-state index in [1.165, 1.54) is 26.5 Å². The number of methoxy groups -OCH3 is 2. The number of carbonyl (C=O) groups excluding carboxylic acids is 3. The molecule has 180 valence electrons. The summed E-state index contributed by atoms with van der Waals surface area (Å²) in [4.78, 5) is 36.2. The van der Waals surface area contributed by atoms with Gasteiger partial charge in [0.15, 0.2) is 6.61 Å². The third-order valence-corrected chi connectivity index (χ3v) is 4.55. The van der Waals surface area contributed by atoms with Crippen molar-refractivity contribution >= 4 is 35.3 Å². The van der Waals surface area contributed by atoms with Crippen molar-refractivity contribution in [3.05, 3.63) is 78.4 Å². The number of nitrogens with one attached hydrogen (secondary N) is 3. The number of hydrogen-bond acceptors (Lipinski definition) is 7. The van der Waals surface area contributed by atoms with Crippen molar-refractivity contribution in [2.75, 3.05) is 31.5 Å². The normalized spacial score (nSPS) is 10.3. The summed E-state index contributed by atoms with van der Waals surface area (Å²) in [5.41, 5.74) is 3.77. The Bertz CT molecular complexity index is 1200. The number of amides is 3. The molecule has 0 bridgehead atoms. The van der Waals surface area contributed by atoms with Gasteiger partial charge < -0.3 is 24.8 Å². The van der Waals surface area contributed by atoms with Crippen LogP contribution in [0, 0.1) is 0 Å². The molecule has 0 aliphatic heterocycles. The van der Waals surface area contributed by atoms with Crippen LogP contribution >= 0.6 is 0 Å². The molecule has 0 aromatic heterocycles. The third-order valence-electron chi connectivity index (χ3n) is 4.55. The fourth-order valence-corrected chi connectivity index (χ4v) is 2.82. The maximum atomic E-state index is 12.2. The van der Waals surface area contributed by atoms with Gasteiger partial charge in [0.2, 0.25) is 0 Å². The molecule has 3 aromatic carbocycles. The van der Waals surface area contributed by atoms with E-state index in [1.807, 2.05) is 18.2 Å². The minimum absolute atomic E-state index is 0.147. The van der Waals surface area contributed by atoms with Crippen molar-refractivity contribution in [1.82, 2.24) is 5.43 Å². The summed E-state index contributed by atoms with van der Waals surface area (Å²) in [6.45, 7) is -0.147. The van der Waals surface area contributed by atoms with Crippen molar-refractivity contribution in [3.8, 4) is 17.2 Å². The smallest absolute Gasteiger partial charge is 0.329 e. The van der Waals surface area contributed by atoms with Crippen molar-refractivity contribution in [3.63, 3.8) is 0 Å². The summed E-state index contributed by atoms with van der Waals surface area (Å²) in [5, 5.41) is 8.96. The number of rotatable bonds is 9. The summed E-state index contributed by atoms with van der Waals surface area (Å²) < 4.78 is 15.7. The molecular weight excluding hydrogens is 452 g/mol. The van der Waals surface area contributed by atoms with E-state index in [-0.39, 0.29) is 18.2 Å². The second kappa shape index (κ2) is 12.4. The Morgan fingerprint density at radius 2 is 1.54 bits per heavy atom. The van der Waals surface area contributed by atoms with Gasteiger partial charge in [-0.15, -0.1) is 0 Å². The van der Waals surface area contributed by atoms with E-state index in [1.54, 1.807) is 48.5 Å². The van der Waals surface area contributed by atoms with Crippen molar-refractivity contribution < 1.29 is 28.6 Å². The van der Waals surface area contributed by atoms with Gasteiger partial charge in [0, 0.05) is 11.8 Å². The molecule has 3 rings (SSSR count). The highest BCUT2D eigenvalue weighted by Gasteiger charge is 2.16. The lowest BCUT2D eigenvalue weighted by molar-refractivity contribution is -0.136. The molecule has 0 saturated heterocycles. The molecule has 0 heterocycles. The van der Waals surface area contributed by atoms with Gasteiger partial charge >= 0.3 is 11.8 Å². The van der Waals surface area contributed by atoms with Gasteiger partial charge in [-0.05, 0) is 54.1 Å². The number of hydrazone groups is 1. The van der Waals surface area contributed by atoms with Gasteiger partial charge in [-0.2, -0.15) is 5.10 Å². The van der Waals surface area contributed by atoms with Gasteiger partial charge in [0.05, 0.1) is 26.1 Å². The first-order chi connectivity index (χ1) is 17.0. The lowest BCUT2D eigenvalue weighted by atomic mass is 10.2. The van der Waals surface area contributed by atoms with Gasteiger partial charge in [0.1, 0.15) is 17.2 Å². The SMILES string of the molecule is COc1ccc(OC)c(NC(=O)C(=O)N/N=C\c2ccc(OCC(=O)Nc3ccccc3)cc2)c1. The molecule has 0 fully saturated rings. The number of ether oxygens (including phenoxy) is 3. The first kappa shape index (κ1) is 24.8. The Kier molecular flexibility index (Phi) is 8.78. The quantitative estimate of drug-likeness (QED) is 0.248. The van der Waals surface area contributed by atoms with Crippen LogP contribution in [0.3, 0.4) is 0 Å². The highest BCUT2D eigenvalue weighted by atomic mass is 16.5. The number of para-hydroxylation sites is 1. The second-order valence-electron chi connectivity index (χ2n) is 6.99. The second-order valence-corrected chi connectivity index (χ2v) is 6.99. The van der Waals surface area contributed by atoms with Crippen molar-refractivity contribution in [2.45, 2.75) is 0 Å². The number of nitrogens with zero attached hydrogens (tertiary/aromatic N) is 1. The third kappa shape index (κ3) is 7.60. The Labute approximate surface area is 201 Å². The average Bonchev–Trinajstić information content (AvgIpc) is 2.88. The summed E-state index contributed by atoms with van der Waals surface area (Å²) in [6.07, 6.45) is 1.36. The van der Waals surface area contributed by atoms with Gasteiger partial charge in [-0.1, -0.05) is 18.2 Å². The van der Waals surface area contributed by atoms with E-state index in [4.69, 9.17) is 14.2 Å². The highest BCUT2D eigenvalue weighted by Crippen LogP contribution is 2.28. The van der Waals surface area contributed by atoms with Gasteiger partial charge in [-0.25, -0.2) is 5.43 Å². The molecular formula is C25H24N4O6. The number of carbonyl (C=O) groups is 3. The zero-order chi connectivity index (χ0) is 25.0. The van der Waals surface area contributed by atoms with E-state index in [0.717, 1.165) is 0 Å². The summed E-state index contributed by atoms with van der Waals surface area (Å²) >= 11 is 0. The van der Waals surface area contributed by atoms with Gasteiger partial charge in [-0.3, -0.25) is 14.4 Å². The molecule has 0 atom stereocenters. The van der Waals surface area contributed by atoms with E-state index < -0.39 is 11.8 Å². The largest absolute Gasteiger partial charge is 0.497 e. The molecule has 3 N–H and O–H groups in total. The number of benzene rings is 3. The molecule has 0 unspecified atom stereocenters. The monoisotopic (exact) mass is 476 g/mol. The average molecular weight is 476 g/mol. The van der Waals surface area contributed by atoms with E-state index in [2.05, 4.69) is 21.2 Å². The van der Waals surface area contributed by atoms with Crippen LogP contribution in [0.4, 0.5) is 11.4 Å². The maximum absolute atomic E-state index is 12.2. The molecule has 3 aromatic rings. The van der Waals surface area contributed by atoms with Crippen LogP contribution < -0.4 is 30.3 Å². The zero-order valence-electron chi connectivity index (χ0n) is 19.1. The predicted octanol–water partition coefficient (Wildman–Crippen LogP) is 2.81. The lowest BCUT2D eigenvalue weighted by Crippen LogP contribution is -2.32. The molecule has 0 aliphatic carbocycles. The molecule has 10 heteroatoms. The fraction of sp³-hybridized carbons (Fsp3) is 0.120. The summed E-state index contributed by atoms with van der Waals surface area (Å²) in [6, 6.07) is 20.5. The van der Waals surface area contributed by atoms with Gasteiger partial charge in [0.25, 0.3) is 5.91 Å². The van der Waals surface area contributed by atoms with Crippen LogP contribution in [0.5, 0.6) is 17.2 Å². The van der Waals surface area contributed by atoms with E-state index in [9.17, 15) is 14.4 Å². The standard InChI is InChI=1S/C25H24N4O6/c1-33-20-12-13-22(34-2)21(14-20)28-24(31)25(32)29-26-15-17-8-10-19(11-9-17)35-16-23(30)27-18-6-4-3-5-7-18/h3-15H,16H2,1-2H3,(H,27,30)(H,28,31)(H,29,32)/b26-15-. The molecule has 10 nitrogen and oxygen atoms in total. The molecule has 3 amide bonds. The maximum Gasteiger partial charge on any atom is 0.329 e. The summed E-state index contributed by atoms with van der Waals surface area (Å²) in [5.74, 6) is -0.823. The van der Waals surface area contributed by atoms with Crippen LogP contribution in [0.1, 0.15) is 5.56 Å². The van der Waals surface area contributed by atoms with Crippen LogP contribution in [-0.2, 0) is 14.4 Å². The predicted molar refractivity (Wildman–Crippen MR) is 131 cm³/mol. The Morgan fingerprint density at radius 3 is 2.23 bits per heavy atom. The first-order valence-corrected chi connectivity index (χ1v) is 10.4. The first-order valence-electron chi connectivity index (χ1n) is 10.4. The Morgan fingerprint density at radius 1 is 0.829 bits per heavy atom. The highest BCUT2D eigenvalue weighted by molar-refractivity contribution is 6.39. The molecule has 0 radical (unpaired) electrons. The Balaban J connectivity index is 1.46. The summed E-state index contributed by atoms with van der Waals surface area (Å²) in [7, 11) is 2.92.